The van der Waals surface area contributed by atoms with Crippen molar-refractivity contribution in [2.75, 3.05) is 37.4 Å². The monoisotopic (exact) mass is 519 g/mol. The Balaban J connectivity index is 1.91. The van der Waals surface area contributed by atoms with Crippen LogP contribution >= 0.6 is 0 Å². The number of anilines is 1. The molecule has 1 aliphatic heterocycles. The summed E-state index contributed by atoms with van der Waals surface area (Å²) in [4.78, 5) is 27.8. The molecule has 0 fully saturated rings. The molecule has 196 valence electrons. The Morgan fingerprint density at radius 1 is 1.03 bits per heavy atom. The number of benzene rings is 2. The van der Waals surface area contributed by atoms with E-state index in [1.54, 1.807) is 50.4 Å². The first-order chi connectivity index (χ1) is 17.0. The van der Waals surface area contributed by atoms with Gasteiger partial charge in [-0.2, -0.15) is 0 Å². The van der Waals surface area contributed by atoms with E-state index >= 15 is 0 Å². The lowest BCUT2D eigenvalue weighted by atomic mass is 10.1. The van der Waals surface area contributed by atoms with Crippen LogP contribution in [0.3, 0.4) is 0 Å². The van der Waals surface area contributed by atoms with E-state index in [1.165, 1.54) is 11.0 Å². The molecule has 10 nitrogen and oxygen atoms in total. The van der Waals surface area contributed by atoms with Crippen LogP contribution in [0.2, 0.25) is 0 Å². The highest BCUT2D eigenvalue weighted by molar-refractivity contribution is 7.92. The molecule has 0 aromatic heterocycles. The summed E-state index contributed by atoms with van der Waals surface area (Å²) in [6.07, 6.45) is 1.03. The highest BCUT2D eigenvalue weighted by Gasteiger charge is 2.31. The Morgan fingerprint density at radius 2 is 1.67 bits per heavy atom. The molecule has 0 radical (unpaired) electrons. The standard InChI is InChI=1S/C25H33N3O7S/c1-17(2)26-25(30)18(3)27(15-19-6-9-21(33-4)10-7-19)24(29)16-28(36(5,31)32)20-8-11-22-23(14-20)35-13-12-34-22/h6-11,14,17-18H,12-13,15-16H2,1-5H3,(H,26,30)/t18-/m0/s1. The van der Waals surface area contributed by atoms with Gasteiger partial charge in [0.25, 0.3) is 0 Å². The van der Waals surface area contributed by atoms with Gasteiger partial charge < -0.3 is 24.4 Å². The number of hydrogen-bond donors (Lipinski definition) is 1. The van der Waals surface area contributed by atoms with Gasteiger partial charge in [0.1, 0.15) is 31.5 Å². The Morgan fingerprint density at radius 3 is 2.25 bits per heavy atom. The fraction of sp³-hybridized carbons (Fsp3) is 0.440. The minimum Gasteiger partial charge on any atom is -0.497 e. The van der Waals surface area contributed by atoms with E-state index in [-0.39, 0.29) is 24.2 Å². The van der Waals surface area contributed by atoms with Crippen LogP contribution in [-0.4, -0.2) is 70.3 Å². The molecule has 2 aromatic rings. The molecule has 1 aliphatic rings. The van der Waals surface area contributed by atoms with E-state index in [0.717, 1.165) is 16.1 Å². The summed E-state index contributed by atoms with van der Waals surface area (Å²) < 4.78 is 42.7. The van der Waals surface area contributed by atoms with Crippen molar-refractivity contribution in [2.24, 2.45) is 0 Å². The second-order valence-electron chi connectivity index (χ2n) is 8.81. The van der Waals surface area contributed by atoms with Crippen molar-refractivity contribution in [2.45, 2.75) is 39.4 Å². The van der Waals surface area contributed by atoms with E-state index < -0.39 is 28.5 Å². The number of carbonyl (C=O) groups is 2. The summed E-state index contributed by atoms with van der Waals surface area (Å²) in [5.41, 5.74) is 1.03. The molecule has 0 bridgehead atoms. The maximum atomic E-state index is 13.6. The number of ether oxygens (including phenoxy) is 3. The quantitative estimate of drug-likeness (QED) is 0.512. The van der Waals surface area contributed by atoms with Gasteiger partial charge in [-0.3, -0.25) is 13.9 Å². The molecule has 36 heavy (non-hydrogen) atoms. The lowest BCUT2D eigenvalue weighted by Gasteiger charge is -2.32. The van der Waals surface area contributed by atoms with Crippen LogP contribution < -0.4 is 23.8 Å². The Bertz CT molecular complexity index is 1180. The zero-order valence-corrected chi connectivity index (χ0v) is 22.0. The fourth-order valence-corrected chi connectivity index (χ4v) is 4.56. The predicted molar refractivity (Wildman–Crippen MR) is 136 cm³/mol. The van der Waals surface area contributed by atoms with Crippen molar-refractivity contribution in [1.29, 1.82) is 0 Å². The molecule has 0 aliphatic carbocycles. The van der Waals surface area contributed by atoms with E-state index in [0.29, 0.717) is 30.5 Å². The predicted octanol–water partition coefficient (Wildman–Crippen LogP) is 2.17. The average Bonchev–Trinajstić information content (AvgIpc) is 2.84. The minimum atomic E-state index is -3.85. The molecule has 1 atom stereocenters. The van der Waals surface area contributed by atoms with Gasteiger partial charge in [0.15, 0.2) is 11.5 Å². The Kier molecular flexibility index (Phi) is 8.67. The van der Waals surface area contributed by atoms with Gasteiger partial charge in [0.2, 0.25) is 21.8 Å². The first kappa shape index (κ1) is 27.1. The van der Waals surface area contributed by atoms with Gasteiger partial charge in [-0.05, 0) is 50.6 Å². The van der Waals surface area contributed by atoms with Crippen molar-refractivity contribution in [3.8, 4) is 17.2 Å². The SMILES string of the molecule is COc1ccc(CN(C(=O)CN(c2ccc3c(c2)OCCO3)S(C)(=O)=O)[C@@H](C)C(=O)NC(C)C)cc1. The number of amides is 2. The summed E-state index contributed by atoms with van der Waals surface area (Å²) in [5, 5.41) is 2.82. The van der Waals surface area contributed by atoms with Crippen molar-refractivity contribution in [3.63, 3.8) is 0 Å². The van der Waals surface area contributed by atoms with Gasteiger partial charge in [0.05, 0.1) is 19.1 Å². The van der Waals surface area contributed by atoms with Gasteiger partial charge in [0, 0.05) is 18.7 Å². The highest BCUT2D eigenvalue weighted by atomic mass is 32.2. The van der Waals surface area contributed by atoms with Gasteiger partial charge in [-0.1, -0.05) is 12.1 Å². The van der Waals surface area contributed by atoms with E-state index in [9.17, 15) is 18.0 Å². The minimum absolute atomic E-state index is 0.105. The van der Waals surface area contributed by atoms with Crippen LogP contribution in [0, 0.1) is 0 Å². The molecular formula is C25H33N3O7S. The summed E-state index contributed by atoms with van der Waals surface area (Å²) in [6.45, 7) is 5.63. The van der Waals surface area contributed by atoms with Crippen LogP contribution in [0.1, 0.15) is 26.3 Å². The van der Waals surface area contributed by atoms with Gasteiger partial charge in [-0.25, -0.2) is 8.42 Å². The fourth-order valence-electron chi connectivity index (χ4n) is 3.72. The first-order valence-electron chi connectivity index (χ1n) is 11.6. The summed E-state index contributed by atoms with van der Waals surface area (Å²) >= 11 is 0. The number of methoxy groups -OCH3 is 1. The maximum absolute atomic E-state index is 13.6. The molecule has 0 unspecified atom stereocenters. The molecule has 2 amide bonds. The topological polar surface area (TPSA) is 114 Å². The molecule has 0 saturated carbocycles. The Hall–Kier alpha value is -3.47. The number of fused-ring (bicyclic) bond motifs is 1. The number of nitrogens with zero attached hydrogens (tertiary/aromatic N) is 2. The summed E-state index contributed by atoms with van der Waals surface area (Å²) in [5.74, 6) is 0.697. The van der Waals surface area contributed by atoms with Crippen LogP contribution in [-0.2, 0) is 26.2 Å². The van der Waals surface area contributed by atoms with Crippen LogP contribution in [0.15, 0.2) is 42.5 Å². The van der Waals surface area contributed by atoms with Crippen molar-refractivity contribution >= 4 is 27.5 Å². The smallest absolute Gasteiger partial charge is 0.244 e. The van der Waals surface area contributed by atoms with Crippen molar-refractivity contribution in [1.82, 2.24) is 10.2 Å². The average molecular weight is 520 g/mol. The molecular weight excluding hydrogens is 486 g/mol. The number of nitrogens with one attached hydrogen (secondary N) is 1. The molecule has 0 saturated heterocycles. The third kappa shape index (κ3) is 6.81. The molecule has 1 N–H and O–H groups in total. The molecule has 3 rings (SSSR count). The lowest BCUT2D eigenvalue weighted by molar-refractivity contribution is -0.139. The van der Waals surface area contributed by atoms with Crippen LogP contribution in [0.5, 0.6) is 17.2 Å². The first-order valence-corrected chi connectivity index (χ1v) is 13.4. The largest absolute Gasteiger partial charge is 0.497 e. The lowest BCUT2D eigenvalue weighted by Crippen LogP contribution is -2.52. The zero-order chi connectivity index (χ0) is 26.5. The molecule has 1 heterocycles. The van der Waals surface area contributed by atoms with E-state index in [1.807, 2.05) is 13.8 Å². The molecule has 0 spiro atoms. The van der Waals surface area contributed by atoms with E-state index in [4.69, 9.17) is 14.2 Å². The zero-order valence-electron chi connectivity index (χ0n) is 21.2. The summed E-state index contributed by atoms with van der Waals surface area (Å²) in [7, 11) is -2.29. The number of hydrogen-bond acceptors (Lipinski definition) is 7. The van der Waals surface area contributed by atoms with Crippen molar-refractivity contribution < 1.29 is 32.2 Å². The van der Waals surface area contributed by atoms with Gasteiger partial charge in [-0.15, -0.1) is 0 Å². The van der Waals surface area contributed by atoms with Crippen LogP contribution in [0.25, 0.3) is 0 Å². The van der Waals surface area contributed by atoms with Crippen molar-refractivity contribution in [3.05, 3.63) is 48.0 Å². The second kappa shape index (κ2) is 11.5. The third-order valence-corrected chi connectivity index (χ3v) is 6.74. The van der Waals surface area contributed by atoms with Crippen LogP contribution in [0.4, 0.5) is 5.69 Å². The number of rotatable bonds is 10. The van der Waals surface area contributed by atoms with E-state index in [2.05, 4.69) is 5.32 Å². The number of sulfonamides is 1. The molecule has 11 heteroatoms. The highest BCUT2D eigenvalue weighted by Crippen LogP contribution is 2.34. The normalized spacial score (nSPS) is 13.6. The summed E-state index contributed by atoms with van der Waals surface area (Å²) in [6, 6.07) is 10.8. The number of carbonyl (C=O) groups excluding carboxylic acids is 2. The Labute approximate surface area is 212 Å². The second-order valence-corrected chi connectivity index (χ2v) is 10.7. The molecule has 2 aromatic carbocycles. The van der Waals surface area contributed by atoms with Gasteiger partial charge >= 0.3 is 0 Å². The third-order valence-electron chi connectivity index (χ3n) is 5.60. The maximum Gasteiger partial charge on any atom is 0.244 e.